The molecule has 23 heavy (non-hydrogen) atoms. The van der Waals surface area contributed by atoms with Gasteiger partial charge in [0, 0.05) is 30.6 Å². The summed E-state index contributed by atoms with van der Waals surface area (Å²) in [4.78, 5) is 11.9. The second kappa shape index (κ2) is 5.85. The average molecular weight is 343 g/mol. The highest BCUT2D eigenvalue weighted by atomic mass is 32.1. The topological polar surface area (TPSA) is 49.0 Å². The smallest absolute Gasteiger partial charge is 0.201 e. The minimum atomic E-state index is -0.688. The van der Waals surface area contributed by atoms with Crippen molar-refractivity contribution in [1.82, 2.24) is 5.32 Å². The van der Waals surface area contributed by atoms with Gasteiger partial charge in [-0.3, -0.25) is 5.32 Å². The first-order valence-electron chi connectivity index (χ1n) is 9.04. The third kappa shape index (κ3) is 2.41. The number of thiol groups is 1. The van der Waals surface area contributed by atoms with E-state index in [9.17, 15) is 0 Å². The Balaban J connectivity index is 1.70. The van der Waals surface area contributed by atoms with Gasteiger partial charge in [-0.15, -0.1) is 0 Å². The molecule has 1 aliphatic carbocycles. The predicted octanol–water partition coefficient (Wildman–Crippen LogP) is 2.71. The molecule has 6 heteroatoms. The van der Waals surface area contributed by atoms with Crippen LogP contribution in [-0.2, 0) is 19.2 Å². The van der Waals surface area contributed by atoms with Crippen molar-refractivity contribution in [2.45, 2.75) is 70.4 Å². The van der Waals surface area contributed by atoms with E-state index in [1.807, 2.05) is 6.92 Å². The zero-order valence-electron chi connectivity index (χ0n) is 14.3. The van der Waals surface area contributed by atoms with Crippen LogP contribution in [0.25, 0.3) is 0 Å². The van der Waals surface area contributed by atoms with Crippen LogP contribution in [0.2, 0.25) is 0 Å². The van der Waals surface area contributed by atoms with E-state index in [0.29, 0.717) is 23.7 Å². The van der Waals surface area contributed by atoms with Gasteiger partial charge < -0.3 is 9.47 Å². The molecule has 5 nitrogen and oxygen atoms in total. The molecule has 4 saturated heterocycles. The van der Waals surface area contributed by atoms with Crippen molar-refractivity contribution in [1.29, 1.82) is 0 Å². The molecule has 0 radical (unpaired) electrons. The maximum absolute atomic E-state index is 6.39. The van der Waals surface area contributed by atoms with Gasteiger partial charge in [0.1, 0.15) is 6.23 Å². The van der Waals surface area contributed by atoms with Crippen molar-refractivity contribution >= 4 is 12.6 Å². The first-order valence-corrected chi connectivity index (χ1v) is 9.68. The normalized spacial score (nSPS) is 55.3. The molecule has 8 atom stereocenters. The molecule has 0 aromatic heterocycles. The molecule has 0 aromatic rings. The Morgan fingerprint density at radius 1 is 1.13 bits per heavy atom. The molecular weight excluding hydrogens is 314 g/mol. The van der Waals surface area contributed by atoms with Gasteiger partial charge in [0.15, 0.2) is 11.9 Å². The molecule has 5 fully saturated rings. The van der Waals surface area contributed by atoms with Gasteiger partial charge in [-0.25, -0.2) is 9.78 Å². The highest BCUT2D eigenvalue weighted by Gasteiger charge is 2.69. The third-order valence-corrected chi connectivity index (χ3v) is 6.84. The molecule has 1 N–H and O–H groups in total. The second-order valence-corrected chi connectivity index (χ2v) is 8.45. The molecule has 5 aliphatic rings. The summed E-state index contributed by atoms with van der Waals surface area (Å²) in [6, 6.07) is 0. The van der Waals surface area contributed by atoms with Gasteiger partial charge in [-0.05, 0) is 38.0 Å². The van der Waals surface area contributed by atoms with E-state index in [4.69, 9.17) is 19.2 Å². The van der Waals surface area contributed by atoms with Crippen molar-refractivity contribution in [2.75, 3.05) is 12.3 Å². The molecule has 2 bridgehead atoms. The maximum atomic E-state index is 6.39. The first kappa shape index (κ1) is 16.6. The van der Waals surface area contributed by atoms with Crippen LogP contribution < -0.4 is 5.32 Å². The van der Waals surface area contributed by atoms with Crippen LogP contribution in [0.15, 0.2) is 0 Å². The molecular formula is C17H29NO4S. The van der Waals surface area contributed by atoms with Gasteiger partial charge in [-0.2, -0.15) is 12.6 Å². The number of hydrogen-bond donors (Lipinski definition) is 2. The Kier molecular flexibility index (Phi) is 4.23. The van der Waals surface area contributed by atoms with Crippen LogP contribution in [0, 0.1) is 23.7 Å². The Labute approximate surface area is 144 Å². The van der Waals surface area contributed by atoms with Crippen LogP contribution in [0.5, 0.6) is 0 Å². The molecule has 4 heterocycles. The van der Waals surface area contributed by atoms with E-state index in [-0.39, 0.29) is 12.5 Å². The van der Waals surface area contributed by atoms with Gasteiger partial charge in [0.05, 0.1) is 0 Å². The zero-order valence-corrected chi connectivity index (χ0v) is 15.2. The van der Waals surface area contributed by atoms with Crippen LogP contribution in [0.4, 0.5) is 0 Å². The summed E-state index contributed by atoms with van der Waals surface area (Å²) in [7, 11) is 0. The van der Waals surface area contributed by atoms with Crippen LogP contribution in [0.3, 0.4) is 0 Å². The quantitative estimate of drug-likeness (QED) is 0.609. The summed E-state index contributed by atoms with van der Waals surface area (Å²) in [6.45, 7) is 7.40. The second-order valence-electron chi connectivity index (χ2n) is 8.00. The van der Waals surface area contributed by atoms with E-state index in [2.05, 4.69) is 31.8 Å². The van der Waals surface area contributed by atoms with E-state index in [1.165, 1.54) is 6.42 Å². The fraction of sp³-hybridized carbons (Fsp3) is 1.00. The number of fused-ring (bicyclic) bond motifs is 2. The molecule has 0 aromatic carbocycles. The highest BCUT2D eigenvalue weighted by molar-refractivity contribution is 7.80. The number of rotatable bonds is 3. The summed E-state index contributed by atoms with van der Waals surface area (Å²) in [5, 5.41) is 3.48. The minimum absolute atomic E-state index is 0.0108. The van der Waals surface area contributed by atoms with Gasteiger partial charge >= 0.3 is 0 Å². The number of nitrogens with one attached hydrogen (secondary N) is 1. The lowest BCUT2D eigenvalue weighted by Crippen LogP contribution is -2.71. The number of hydrogen-bond acceptors (Lipinski definition) is 6. The largest absolute Gasteiger partial charge is 0.331 e. The highest BCUT2D eigenvalue weighted by Crippen LogP contribution is 2.60. The molecule has 132 valence electrons. The third-order valence-electron chi connectivity index (χ3n) is 6.62. The number of ether oxygens (including phenoxy) is 2. The van der Waals surface area contributed by atoms with Crippen molar-refractivity contribution < 1.29 is 19.2 Å². The van der Waals surface area contributed by atoms with Crippen LogP contribution in [-0.4, -0.2) is 36.2 Å². The van der Waals surface area contributed by atoms with Crippen molar-refractivity contribution in [2.24, 2.45) is 23.7 Å². The van der Waals surface area contributed by atoms with E-state index in [1.54, 1.807) is 0 Å². The minimum Gasteiger partial charge on any atom is -0.331 e. The Morgan fingerprint density at radius 2 is 1.96 bits per heavy atom. The zero-order chi connectivity index (χ0) is 16.2. The van der Waals surface area contributed by atoms with E-state index >= 15 is 0 Å². The average Bonchev–Trinajstić information content (AvgIpc) is 2.76. The fourth-order valence-electron chi connectivity index (χ4n) is 5.35. The first-order chi connectivity index (χ1) is 11.0. The van der Waals surface area contributed by atoms with Gasteiger partial charge in [-0.1, -0.05) is 13.8 Å². The van der Waals surface area contributed by atoms with Crippen LogP contribution >= 0.6 is 12.6 Å². The van der Waals surface area contributed by atoms with Gasteiger partial charge in [0.25, 0.3) is 0 Å². The molecule has 1 spiro atoms. The molecule has 0 amide bonds. The molecule has 1 saturated carbocycles. The summed E-state index contributed by atoms with van der Waals surface area (Å²) in [6.07, 6.45) is 3.96. The summed E-state index contributed by atoms with van der Waals surface area (Å²) >= 11 is 4.30. The standard InChI is InChI=1S/C17H29NO4S/c1-10-4-5-13-11(2)14(18-8-9-23)19-15-17(13)12(10)6-7-16(3,20-15)21-22-17/h10-15,18,23H,4-9H2,1-3H3/t10-,11-,12+,13?,14?,15-,16+,17-/m1/s1. The maximum Gasteiger partial charge on any atom is 0.201 e. The summed E-state index contributed by atoms with van der Waals surface area (Å²) in [5.41, 5.74) is -0.452. The lowest BCUT2D eigenvalue weighted by molar-refractivity contribution is -0.571. The fourth-order valence-corrected chi connectivity index (χ4v) is 5.47. The summed E-state index contributed by atoms with van der Waals surface area (Å²) in [5.74, 6) is 1.90. The van der Waals surface area contributed by atoms with Crippen molar-refractivity contribution in [3.8, 4) is 0 Å². The van der Waals surface area contributed by atoms with Gasteiger partial charge in [0.2, 0.25) is 5.79 Å². The Morgan fingerprint density at radius 3 is 2.74 bits per heavy atom. The molecule has 2 unspecified atom stereocenters. The Bertz CT molecular complexity index is 466. The van der Waals surface area contributed by atoms with Crippen LogP contribution in [0.1, 0.15) is 46.5 Å². The SMILES string of the molecule is C[C@H]1C(NCCS)O[C@@H]2O[C@]3(C)CC[C@H]4[C@H](C)CCC1[C@@]24OO3. The van der Waals surface area contributed by atoms with E-state index < -0.39 is 11.4 Å². The monoisotopic (exact) mass is 343 g/mol. The lowest BCUT2D eigenvalue weighted by Gasteiger charge is -2.60. The summed E-state index contributed by atoms with van der Waals surface area (Å²) < 4.78 is 12.7. The molecule has 5 rings (SSSR count). The molecule has 4 aliphatic heterocycles. The van der Waals surface area contributed by atoms with E-state index in [0.717, 1.165) is 31.6 Å². The van der Waals surface area contributed by atoms with Crippen molar-refractivity contribution in [3.63, 3.8) is 0 Å². The predicted molar refractivity (Wildman–Crippen MR) is 88.7 cm³/mol. The lowest BCUT2D eigenvalue weighted by atomic mass is 9.58. The van der Waals surface area contributed by atoms with Crippen molar-refractivity contribution in [3.05, 3.63) is 0 Å². The Hall–Kier alpha value is 0.150.